The molecule has 3 heterocycles. The minimum Gasteiger partial charge on any atom is -0.443 e. The van der Waals surface area contributed by atoms with Crippen LogP contribution in [-0.2, 0) is 15.9 Å². The van der Waals surface area contributed by atoms with Gasteiger partial charge in [-0.25, -0.2) is 4.79 Å². The van der Waals surface area contributed by atoms with E-state index in [1.165, 1.54) is 36.7 Å². The van der Waals surface area contributed by atoms with E-state index >= 15 is 0 Å². The maximum Gasteiger partial charge on any atom is 0.353 e. The molecule has 174 valence electrons. The average molecular weight is 435 g/mol. The van der Waals surface area contributed by atoms with E-state index in [2.05, 4.69) is 18.8 Å². The van der Waals surface area contributed by atoms with Crippen molar-refractivity contribution in [1.29, 1.82) is 0 Å². The van der Waals surface area contributed by atoms with Gasteiger partial charge in [0.15, 0.2) is 0 Å². The van der Waals surface area contributed by atoms with Crippen LogP contribution in [0.3, 0.4) is 0 Å². The molecule has 0 spiro atoms. The van der Waals surface area contributed by atoms with Gasteiger partial charge in [-0.05, 0) is 37.7 Å². The highest BCUT2D eigenvalue weighted by Gasteiger charge is 2.27. The van der Waals surface area contributed by atoms with Gasteiger partial charge < -0.3 is 19.0 Å². The quantitative estimate of drug-likeness (QED) is 0.437. The summed E-state index contributed by atoms with van der Waals surface area (Å²) in [6.07, 6.45) is 11.9. The lowest BCUT2D eigenvalue weighted by Gasteiger charge is -2.14. The molecule has 2 aromatic heterocycles. The van der Waals surface area contributed by atoms with Gasteiger partial charge in [0, 0.05) is 25.8 Å². The smallest absolute Gasteiger partial charge is 0.353 e. The normalized spacial score (nSPS) is 19.1. The first-order valence-electron chi connectivity index (χ1n) is 11.9. The summed E-state index contributed by atoms with van der Waals surface area (Å²) >= 11 is 0. The maximum absolute atomic E-state index is 12.3. The van der Waals surface area contributed by atoms with Crippen LogP contribution in [0.15, 0.2) is 21.5 Å². The summed E-state index contributed by atoms with van der Waals surface area (Å²) < 4.78 is 18.6. The number of rotatable bonds is 14. The molecule has 1 N–H and O–H groups in total. The van der Waals surface area contributed by atoms with Gasteiger partial charge in [-0.3, -0.25) is 4.57 Å². The summed E-state index contributed by atoms with van der Waals surface area (Å²) in [5.41, 5.74) is 0.0271. The van der Waals surface area contributed by atoms with Crippen molar-refractivity contribution in [3.8, 4) is 0 Å². The molecule has 2 aromatic rings. The number of unbranched alkanes of at least 4 members (excludes halogenated alkanes) is 6. The molecule has 0 bridgehead atoms. The SMILES string of the molecule is CC(C)COCCCCCCCCCc1cc2cn([C@@H]3CC[C@H](CO)O3)c(=O)nc2o1. The first kappa shape index (κ1) is 24.0. The topological polar surface area (TPSA) is 86.7 Å². The zero-order valence-corrected chi connectivity index (χ0v) is 19.1. The highest BCUT2D eigenvalue weighted by atomic mass is 16.5. The van der Waals surface area contributed by atoms with Crippen LogP contribution in [0, 0.1) is 5.92 Å². The Kier molecular flexibility index (Phi) is 9.55. The highest BCUT2D eigenvalue weighted by molar-refractivity contribution is 5.72. The standard InChI is InChI=1S/C24H38N2O5/c1-18(2)17-29-13-9-7-5-3-4-6-8-10-20-14-19-15-26(24(28)25-23(19)31-20)22-12-11-21(16-27)30-22/h14-15,18,21-22,27H,3-13,16-17H2,1-2H3/t21-,22+/m1/s1. The van der Waals surface area contributed by atoms with E-state index in [4.69, 9.17) is 13.9 Å². The van der Waals surface area contributed by atoms with Gasteiger partial charge in [0.25, 0.3) is 0 Å². The third kappa shape index (κ3) is 7.44. The minimum absolute atomic E-state index is 0.0243. The number of aromatic nitrogens is 2. The number of ether oxygens (including phenoxy) is 2. The van der Waals surface area contributed by atoms with Crippen molar-refractivity contribution in [2.24, 2.45) is 5.92 Å². The number of aliphatic hydroxyl groups excluding tert-OH is 1. The zero-order valence-electron chi connectivity index (χ0n) is 19.1. The van der Waals surface area contributed by atoms with Gasteiger partial charge in [0.2, 0.25) is 5.71 Å². The van der Waals surface area contributed by atoms with Crippen LogP contribution >= 0.6 is 0 Å². The molecule has 1 saturated heterocycles. The zero-order chi connectivity index (χ0) is 22.1. The fourth-order valence-corrected chi connectivity index (χ4v) is 4.04. The van der Waals surface area contributed by atoms with Crippen molar-refractivity contribution >= 4 is 11.1 Å². The molecular weight excluding hydrogens is 396 g/mol. The van der Waals surface area contributed by atoms with E-state index in [9.17, 15) is 9.90 Å². The third-order valence-corrected chi connectivity index (χ3v) is 5.75. The molecule has 1 fully saturated rings. The Balaban J connectivity index is 1.35. The molecule has 0 amide bonds. The Morgan fingerprint density at radius 2 is 1.90 bits per heavy atom. The Bertz CT molecular complexity index is 844. The van der Waals surface area contributed by atoms with Crippen LogP contribution < -0.4 is 5.69 Å². The summed E-state index contributed by atoms with van der Waals surface area (Å²) in [6.45, 7) is 6.09. The number of aryl methyl sites for hydroxylation is 1. The lowest BCUT2D eigenvalue weighted by molar-refractivity contribution is -0.0243. The molecule has 1 aliphatic rings. The van der Waals surface area contributed by atoms with Crippen LogP contribution in [0.4, 0.5) is 0 Å². The number of hydrogen-bond donors (Lipinski definition) is 1. The summed E-state index contributed by atoms with van der Waals surface area (Å²) in [6, 6.07) is 1.98. The van der Waals surface area contributed by atoms with Crippen molar-refractivity contribution < 1.29 is 19.0 Å². The van der Waals surface area contributed by atoms with Gasteiger partial charge in [0.1, 0.15) is 12.0 Å². The molecule has 0 unspecified atom stereocenters. The van der Waals surface area contributed by atoms with Crippen molar-refractivity contribution in [2.45, 2.75) is 90.4 Å². The molecule has 31 heavy (non-hydrogen) atoms. The molecule has 0 radical (unpaired) electrons. The Hall–Kier alpha value is -1.70. The van der Waals surface area contributed by atoms with Gasteiger partial charge in [-0.2, -0.15) is 4.98 Å². The molecule has 1 aliphatic heterocycles. The first-order valence-corrected chi connectivity index (χ1v) is 11.9. The van der Waals surface area contributed by atoms with Crippen molar-refractivity contribution in [2.75, 3.05) is 19.8 Å². The number of nitrogens with zero attached hydrogens (tertiary/aromatic N) is 2. The van der Waals surface area contributed by atoms with E-state index in [-0.39, 0.29) is 24.6 Å². The fourth-order valence-electron chi connectivity index (χ4n) is 4.04. The lowest BCUT2D eigenvalue weighted by atomic mass is 10.1. The number of furan rings is 1. The molecule has 7 nitrogen and oxygen atoms in total. The fraction of sp³-hybridized carbons (Fsp3) is 0.750. The molecule has 0 saturated carbocycles. The monoisotopic (exact) mass is 434 g/mol. The van der Waals surface area contributed by atoms with Crippen LogP contribution in [0.1, 0.15) is 83.6 Å². The van der Waals surface area contributed by atoms with E-state index in [1.807, 2.05) is 6.07 Å². The Morgan fingerprint density at radius 3 is 2.61 bits per heavy atom. The second-order valence-corrected chi connectivity index (χ2v) is 9.07. The van der Waals surface area contributed by atoms with E-state index < -0.39 is 0 Å². The number of hydrogen-bond acceptors (Lipinski definition) is 6. The Labute approximate surface area is 184 Å². The molecule has 0 aliphatic carbocycles. The number of aliphatic hydroxyl groups is 1. The van der Waals surface area contributed by atoms with Gasteiger partial charge in [-0.1, -0.05) is 46.0 Å². The minimum atomic E-state index is -0.369. The van der Waals surface area contributed by atoms with Gasteiger partial charge in [0.05, 0.1) is 18.1 Å². The second kappa shape index (κ2) is 12.4. The highest BCUT2D eigenvalue weighted by Crippen LogP contribution is 2.28. The molecular formula is C24H38N2O5. The van der Waals surface area contributed by atoms with E-state index in [1.54, 1.807) is 6.20 Å². The molecule has 0 aromatic carbocycles. The van der Waals surface area contributed by atoms with Crippen LogP contribution in [0.2, 0.25) is 0 Å². The van der Waals surface area contributed by atoms with Crippen molar-refractivity contribution in [3.05, 3.63) is 28.5 Å². The summed E-state index contributed by atoms with van der Waals surface area (Å²) in [4.78, 5) is 16.4. The van der Waals surface area contributed by atoms with Crippen LogP contribution in [0.25, 0.3) is 11.1 Å². The molecule has 7 heteroatoms. The number of fused-ring (bicyclic) bond motifs is 1. The molecule has 2 atom stereocenters. The predicted molar refractivity (Wildman–Crippen MR) is 120 cm³/mol. The average Bonchev–Trinajstić information content (AvgIpc) is 3.37. The summed E-state index contributed by atoms with van der Waals surface area (Å²) in [5.74, 6) is 1.49. The van der Waals surface area contributed by atoms with E-state index in [0.29, 0.717) is 18.1 Å². The van der Waals surface area contributed by atoms with Crippen LogP contribution in [-0.4, -0.2) is 40.6 Å². The maximum atomic E-state index is 12.3. The summed E-state index contributed by atoms with van der Waals surface area (Å²) in [5, 5.41) is 10.1. The van der Waals surface area contributed by atoms with Gasteiger partial charge >= 0.3 is 5.69 Å². The van der Waals surface area contributed by atoms with Crippen LogP contribution in [0.5, 0.6) is 0 Å². The lowest BCUT2D eigenvalue weighted by Crippen LogP contribution is -2.27. The van der Waals surface area contributed by atoms with Crippen molar-refractivity contribution in [1.82, 2.24) is 9.55 Å². The second-order valence-electron chi connectivity index (χ2n) is 9.07. The summed E-state index contributed by atoms with van der Waals surface area (Å²) in [7, 11) is 0. The predicted octanol–water partition coefficient (Wildman–Crippen LogP) is 4.61. The largest absolute Gasteiger partial charge is 0.443 e. The van der Waals surface area contributed by atoms with Gasteiger partial charge in [-0.15, -0.1) is 0 Å². The van der Waals surface area contributed by atoms with Crippen molar-refractivity contribution in [3.63, 3.8) is 0 Å². The van der Waals surface area contributed by atoms with E-state index in [0.717, 1.165) is 50.0 Å². The first-order chi connectivity index (χ1) is 15.1. The Morgan fingerprint density at radius 1 is 1.16 bits per heavy atom. The molecule has 3 rings (SSSR count). The third-order valence-electron chi connectivity index (χ3n) is 5.75.